The molecule has 1 atom stereocenters. The Morgan fingerprint density at radius 2 is 1.83 bits per heavy atom. The average Bonchev–Trinajstić information content (AvgIpc) is 2.23. The second-order valence-electron chi connectivity index (χ2n) is 4.20. The van der Waals surface area contributed by atoms with E-state index in [2.05, 4.69) is 10.8 Å². The molecule has 0 spiro atoms. The van der Waals surface area contributed by atoms with Crippen molar-refractivity contribution in [3.63, 3.8) is 0 Å². The van der Waals surface area contributed by atoms with Crippen LogP contribution in [0.5, 0.6) is 0 Å². The monoisotopic (exact) mass is 283 g/mol. The van der Waals surface area contributed by atoms with Crippen molar-refractivity contribution >= 4 is 16.4 Å². The molecule has 18 heavy (non-hydrogen) atoms. The lowest BCUT2D eigenvalue weighted by atomic mass is 10.3. The molecule has 108 valence electrons. The number of hydrogen-bond acceptors (Lipinski definition) is 6. The largest absolute Gasteiger partial charge is 0.726 e. The Kier molecular flexibility index (Phi) is 8.83. The van der Waals surface area contributed by atoms with Crippen molar-refractivity contribution in [2.45, 2.75) is 19.6 Å². The van der Waals surface area contributed by atoms with Crippen LogP contribution in [0.1, 0.15) is 13.3 Å². The SMILES string of the molecule is C=CC(=O)OC(CC)[N+](C)(C)C.COS(=O)(=O)[O-]. The van der Waals surface area contributed by atoms with Crippen molar-refractivity contribution in [2.75, 3.05) is 28.3 Å². The lowest BCUT2D eigenvalue weighted by Gasteiger charge is -2.32. The topological polar surface area (TPSA) is 92.7 Å². The van der Waals surface area contributed by atoms with Crippen molar-refractivity contribution < 1.29 is 31.2 Å². The maximum absolute atomic E-state index is 10.9. The predicted octanol–water partition coefficient (Wildman–Crippen LogP) is 0.251. The van der Waals surface area contributed by atoms with E-state index >= 15 is 0 Å². The van der Waals surface area contributed by atoms with E-state index in [-0.39, 0.29) is 12.2 Å². The summed E-state index contributed by atoms with van der Waals surface area (Å²) in [4.78, 5) is 10.9. The van der Waals surface area contributed by atoms with Crippen molar-refractivity contribution in [2.24, 2.45) is 0 Å². The Morgan fingerprint density at radius 3 is 2.00 bits per heavy atom. The number of carbonyl (C=O) groups excluding carboxylic acids is 1. The van der Waals surface area contributed by atoms with Gasteiger partial charge in [0.15, 0.2) is 0 Å². The van der Waals surface area contributed by atoms with Gasteiger partial charge >= 0.3 is 5.97 Å². The van der Waals surface area contributed by atoms with E-state index in [0.717, 1.165) is 13.5 Å². The summed E-state index contributed by atoms with van der Waals surface area (Å²) in [6.45, 7) is 5.34. The molecule has 0 saturated carbocycles. The van der Waals surface area contributed by atoms with Crippen molar-refractivity contribution in [1.82, 2.24) is 0 Å². The van der Waals surface area contributed by atoms with Crippen LogP contribution in [-0.4, -0.2) is 57.9 Å². The van der Waals surface area contributed by atoms with Gasteiger partial charge in [-0.3, -0.25) is 8.67 Å². The standard InChI is InChI=1S/C9H18NO2.CH4O4S/c1-6-8(10(3,4)5)12-9(11)7-2;1-5-6(2,3)4/h7-8H,2,6H2,1,3-5H3;1H3,(H,2,3,4)/q+1;/p-1. The first-order valence-electron chi connectivity index (χ1n) is 5.13. The molecule has 0 bridgehead atoms. The van der Waals surface area contributed by atoms with Crippen LogP contribution in [0.3, 0.4) is 0 Å². The molecule has 0 amide bonds. The molecule has 1 unspecified atom stereocenters. The van der Waals surface area contributed by atoms with Crippen LogP contribution in [0.15, 0.2) is 12.7 Å². The second kappa shape index (κ2) is 8.20. The normalized spacial score (nSPS) is 13.0. The molecule has 0 aromatic rings. The van der Waals surface area contributed by atoms with Gasteiger partial charge < -0.3 is 9.29 Å². The van der Waals surface area contributed by atoms with E-state index < -0.39 is 10.4 Å². The van der Waals surface area contributed by atoms with Gasteiger partial charge in [-0.15, -0.1) is 0 Å². The average molecular weight is 283 g/mol. The molecule has 0 aliphatic carbocycles. The maximum atomic E-state index is 10.9. The molecule has 0 aliphatic heterocycles. The summed E-state index contributed by atoms with van der Waals surface area (Å²) in [7, 11) is 2.37. The first-order chi connectivity index (χ1) is 7.97. The van der Waals surface area contributed by atoms with E-state index in [1.165, 1.54) is 6.08 Å². The third-order valence-electron chi connectivity index (χ3n) is 1.84. The van der Waals surface area contributed by atoms with Crippen LogP contribution in [0.4, 0.5) is 0 Å². The molecule has 8 heteroatoms. The molecule has 0 rings (SSSR count). The van der Waals surface area contributed by atoms with Gasteiger partial charge in [0.25, 0.3) is 0 Å². The zero-order valence-corrected chi connectivity index (χ0v) is 12.2. The van der Waals surface area contributed by atoms with E-state index in [0.29, 0.717) is 4.48 Å². The minimum absolute atomic E-state index is 0.0875. The van der Waals surface area contributed by atoms with E-state index in [1.807, 2.05) is 28.1 Å². The van der Waals surface area contributed by atoms with Crippen LogP contribution >= 0.6 is 0 Å². The Morgan fingerprint density at radius 1 is 1.44 bits per heavy atom. The number of rotatable bonds is 5. The van der Waals surface area contributed by atoms with Gasteiger partial charge in [-0.25, -0.2) is 13.2 Å². The summed E-state index contributed by atoms with van der Waals surface area (Å²) >= 11 is 0. The van der Waals surface area contributed by atoms with Gasteiger partial charge in [0.1, 0.15) is 0 Å². The molecule has 7 nitrogen and oxygen atoms in total. The predicted molar refractivity (Wildman–Crippen MR) is 65.1 cm³/mol. The van der Waals surface area contributed by atoms with E-state index in [1.54, 1.807) is 0 Å². The molecule has 0 fully saturated rings. The van der Waals surface area contributed by atoms with Gasteiger partial charge in [0, 0.05) is 12.5 Å². The minimum Gasteiger partial charge on any atom is -0.726 e. The molecule has 0 aromatic carbocycles. The molecular weight excluding hydrogens is 262 g/mol. The maximum Gasteiger partial charge on any atom is 0.334 e. The lowest BCUT2D eigenvalue weighted by molar-refractivity contribution is -0.916. The number of quaternary nitrogens is 1. The molecule has 0 radical (unpaired) electrons. The number of carbonyl (C=O) groups is 1. The fourth-order valence-corrected chi connectivity index (χ4v) is 0.971. The molecule has 0 saturated heterocycles. The summed E-state index contributed by atoms with van der Waals surface area (Å²) in [6.07, 6.45) is 1.91. The van der Waals surface area contributed by atoms with Crippen LogP contribution in [-0.2, 0) is 24.1 Å². The van der Waals surface area contributed by atoms with Gasteiger partial charge in [0.2, 0.25) is 16.6 Å². The molecule has 0 aromatic heterocycles. The highest BCUT2D eigenvalue weighted by Crippen LogP contribution is 2.08. The first-order valence-corrected chi connectivity index (χ1v) is 6.46. The summed E-state index contributed by atoms with van der Waals surface area (Å²) in [5.41, 5.74) is 0. The highest BCUT2D eigenvalue weighted by molar-refractivity contribution is 7.80. The first kappa shape index (κ1) is 19.4. The zero-order valence-electron chi connectivity index (χ0n) is 11.4. The van der Waals surface area contributed by atoms with Gasteiger partial charge in [-0.05, 0) is 0 Å². The van der Waals surface area contributed by atoms with Crippen LogP contribution < -0.4 is 0 Å². The van der Waals surface area contributed by atoms with Crippen LogP contribution in [0, 0.1) is 0 Å². The van der Waals surface area contributed by atoms with Gasteiger partial charge in [0.05, 0.1) is 28.3 Å². The fourth-order valence-electron chi connectivity index (χ4n) is 0.971. The Hall–Kier alpha value is -0.960. The van der Waals surface area contributed by atoms with Crippen molar-refractivity contribution in [3.8, 4) is 0 Å². The van der Waals surface area contributed by atoms with Crippen LogP contribution in [0.2, 0.25) is 0 Å². The van der Waals surface area contributed by atoms with Crippen LogP contribution in [0.25, 0.3) is 0 Å². The summed E-state index contributed by atoms with van der Waals surface area (Å²) in [5.74, 6) is -0.352. The van der Waals surface area contributed by atoms with Crippen molar-refractivity contribution in [3.05, 3.63) is 12.7 Å². The van der Waals surface area contributed by atoms with Gasteiger partial charge in [-0.2, -0.15) is 0 Å². The number of hydrogen-bond donors (Lipinski definition) is 0. The fraction of sp³-hybridized carbons (Fsp3) is 0.700. The Bertz CT molecular complexity index is 357. The van der Waals surface area contributed by atoms with Crippen molar-refractivity contribution in [1.29, 1.82) is 0 Å². The number of esters is 1. The number of ether oxygens (including phenoxy) is 1. The van der Waals surface area contributed by atoms with Gasteiger partial charge in [-0.1, -0.05) is 13.5 Å². The third kappa shape index (κ3) is 11.5. The quantitative estimate of drug-likeness (QED) is 0.179. The number of nitrogens with zero attached hydrogens (tertiary/aromatic N) is 1. The lowest BCUT2D eigenvalue weighted by Crippen LogP contribution is -2.47. The summed E-state index contributed by atoms with van der Waals surface area (Å²) < 4.78 is 36.8. The van der Waals surface area contributed by atoms with E-state index in [4.69, 9.17) is 4.74 Å². The highest BCUT2D eigenvalue weighted by Gasteiger charge is 2.24. The third-order valence-corrected chi connectivity index (χ3v) is 2.24. The minimum atomic E-state index is -4.41. The highest BCUT2D eigenvalue weighted by atomic mass is 32.3. The summed E-state index contributed by atoms with van der Waals surface area (Å²) in [6, 6.07) is 0. The molecule has 0 N–H and O–H groups in total. The molecular formula is C10H21NO6S. The molecule has 0 heterocycles. The van der Waals surface area contributed by atoms with E-state index in [9.17, 15) is 17.8 Å². The molecule has 0 aliphatic rings. The Balaban J connectivity index is 0. The Labute approximate surface area is 109 Å². The zero-order chi connectivity index (χ0) is 15.0. The smallest absolute Gasteiger partial charge is 0.334 e. The summed E-state index contributed by atoms with van der Waals surface area (Å²) in [5, 5.41) is 0. The second-order valence-corrected chi connectivity index (χ2v) is 5.34.